The molecule has 0 saturated carbocycles. The maximum atomic E-state index is 12.0. The number of nitrogens with zero attached hydrogens (tertiary/aromatic N) is 1. The second-order valence-electron chi connectivity index (χ2n) is 4.02. The summed E-state index contributed by atoms with van der Waals surface area (Å²) in [5, 5.41) is 0.147. The third-order valence-electron chi connectivity index (χ3n) is 2.70. The number of halogens is 1. The molecule has 1 fully saturated rings. The number of benzene rings is 1. The van der Waals surface area contributed by atoms with E-state index in [1.165, 1.54) is 7.11 Å². The summed E-state index contributed by atoms with van der Waals surface area (Å²) in [7, 11) is 1.53. The van der Waals surface area contributed by atoms with Crippen molar-refractivity contribution < 1.29 is 14.3 Å². The molecule has 20 heavy (non-hydrogen) atoms. The van der Waals surface area contributed by atoms with Crippen LogP contribution in [0.1, 0.15) is 5.56 Å². The highest BCUT2D eigenvalue weighted by molar-refractivity contribution is 8.18. The number of thioether (sulfide) groups is 1. The first-order chi connectivity index (χ1) is 9.56. The van der Waals surface area contributed by atoms with Gasteiger partial charge in [-0.2, -0.15) is 0 Å². The fourth-order valence-electron chi connectivity index (χ4n) is 1.75. The standard InChI is InChI=1S/C13H13ClN2O3S/c1-19-10-3-2-8(6-9(10)14)7-11-12(17)16(5-4-15)13(18)20-11/h2-3,6-7H,4-5,15H2,1H3. The average molecular weight is 313 g/mol. The fourth-order valence-corrected chi connectivity index (χ4v) is 2.88. The molecule has 0 atom stereocenters. The summed E-state index contributed by atoms with van der Waals surface area (Å²) in [6.45, 7) is 0.477. The largest absolute Gasteiger partial charge is 0.495 e. The van der Waals surface area contributed by atoms with Crippen LogP contribution in [0.3, 0.4) is 0 Å². The van der Waals surface area contributed by atoms with Crippen molar-refractivity contribution in [2.24, 2.45) is 5.73 Å². The minimum Gasteiger partial charge on any atom is -0.495 e. The monoisotopic (exact) mass is 312 g/mol. The van der Waals surface area contributed by atoms with Crippen LogP contribution in [0.25, 0.3) is 6.08 Å². The number of hydrogen-bond donors (Lipinski definition) is 1. The summed E-state index contributed by atoms with van der Waals surface area (Å²) in [6.07, 6.45) is 1.63. The van der Waals surface area contributed by atoms with Crippen molar-refractivity contribution in [3.05, 3.63) is 33.7 Å². The molecule has 2 amide bonds. The van der Waals surface area contributed by atoms with Crippen molar-refractivity contribution in [3.63, 3.8) is 0 Å². The minimum atomic E-state index is -0.322. The number of ether oxygens (including phenoxy) is 1. The highest BCUT2D eigenvalue weighted by Gasteiger charge is 2.34. The molecule has 1 saturated heterocycles. The Balaban J connectivity index is 2.26. The van der Waals surface area contributed by atoms with Gasteiger partial charge in [-0.1, -0.05) is 17.7 Å². The summed E-state index contributed by atoms with van der Waals surface area (Å²) >= 11 is 6.92. The van der Waals surface area contributed by atoms with E-state index >= 15 is 0 Å². The van der Waals surface area contributed by atoms with Crippen molar-refractivity contribution in [2.75, 3.05) is 20.2 Å². The summed E-state index contributed by atoms with van der Waals surface area (Å²) in [5.41, 5.74) is 6.11. The molecule has 2 N–H and O–H groups in total. The van der Waals surface area contributed by atoms with Gasteiger partial charge in [0.1, 0.15) is 5.75 Å². The van der Waals surface area contributed by atoms with E-state index in [1.807, 2.05) is 0 Å². The first-order valence-electron chi connectivity index (χ1n) is 5.85. The summed E-state index contributed by atoms with van der Waals surface area (Å²) < 4.78 is 5.06. The number of imide groups is 1. The van der Waals surface area contributed by atoms with Crippen LogP contribution in [0.4, 0.5) is 4.79 Å². The zero-order chi connectivity index (χ0) is 14.7. The fraction of sp³-hybridized carbons (Fsp3) is 0.231. The number of carbonyl (C=O) groups excluding carboxylic acids is 2. The topological polar surface area (TPSA) is 72.6 Å². The third kappa shape index (κ3) is 2.98. The van der Waals surface area contributed by atoms with Gasteiger partial charge >= 0.3 is 0 Å². The Hall–Kier alpha value is -1.50. The lowest BCUT2D eigenvalue weighted by atomic mass is 10.2. The molecule has 1 aliphatic heterocycles. The van der Waals surface area contributed by atoms with E-state index in [-0.39, 0.29) is 24.2 Å². The lowest BCUT2D eigenvalue weighted by Gasteiger charge is -2.09. The number of nitrogens with two attached hydrogens (primary N) is 1. The predicted octanol–water partition coefficient (Wildman–Crippen LogP) is 2.34. The van der Waals surface area contributed by atoms with Gasteiger partial charge in [0.25, 0.3) is 11.1 Å². The molecule has 2 rings (SSSR count). The number of hydrogen-bond acceptors (Lipinski definition) is 5. The number of rotatable bonds is 4. The van der Waals surface area contributed by atoms with Crippen LogP contribution in [-0.4, -0.2) is 36.2 Å². The SMILES string of the molecule is COc1ccc(C=C2SC(=O)N(CCN)C2=O)cc1Cl. The van der Waals surface area contributed by atoms with Gasteiger partial charge in [-0.15, -0.1) is 0 Å². The summed E-state index contributed by atoms with van der Waals surface area (Å²) in [4.78, 5) is 25.2. The smallest absolute Gasteiger partial charge is 0.293 e. The zero-order valence-corrected chi connectivity index (χ0v) is 12.3. The molecule has 1 aliphatic rings. The van der Waals surface area contributed by atoms with Crippen LogP contribution in [0.15, 0.2) is 23.1 Å². The van der Waals surface area contributed by atoms with Crippen LogP contribution in [0.2, 0.25) is 5.02 Å². The van der Waals surface area contributed by atoms with Gasteiger partial charge < -0.3 is 10.5 Å². The molecule has 106 valence electrons. The molecular weight excluding hydrogens is 300 g/mol. The lowest BCUT2D eigenvalue weighted by Crippen LogP contribution is -2.33. The van der Waals surface area contributed by atoms with E-state index in [4.69, 9.17) is 22.1 Å². The highest BCUT2D eigenvalue weighted by Crippen LogP contribution is 2.33. The van der Waals surface area contributed by atoms with Gasteiger partial charge in [-0.25, -0.2) is 0 Å². The molecule has 1 heterocycles. The Morgan fingerprint density at radius 1 is 1.45 bits per heavy atom. The molecule has 7 heteroatoms. The van der Waals surface area contributed by atoms with Crippen molar-refractivity contribution in [1.29, 1.82) is 0 Å². The highest BCUT2D eigenvalue weighted by atomic mass is 35.5. The molecule has 5 nitrogen and oxygen atoms in total. The first kappa shape index (κ1) is 14.9. The van der Waals surface area contributed by atoms with Gasteiger partial charge in [0.15, 0.2) is 0 Å². The molecular formula is C13H13ClN2O3S. The maximum Gasteiger partial charge on any atom is 0.293 e. The van der Waals surface area contributed by atoms with Crippen LogP contribution in [-0.2, 0) is 4.79 Å². The van der Waals surface area contributed by atoms with E-state index in [9.17, 15) is 9.59 Å². The lowest BCUT2D eigenvalue weighted by molar-refractivity contribution is -0.122. The number of amides is 2. The molecule has 1 aromatic carbocycles. The number of carbonyl (C=O) groups is 2. The quantitative estimate of drug-likeness (QED) is 0.864. The van der Waals surface area contributed by atoms with Crippen LogP contribution >= 0.6 is 23.4 Å². The molecule has 0 aromatic heterocycles. The van der Waals surface area contributed by atoms with Crippen LogP contribution in [0, 0.1) is 0 Å². The van der Waals surface area contributed by atoms with Crippen LogP contribution < -0.4 is 10.5 Å². The van der Waals surface area contributed by atoms with E-state index in [2.05, 4.69) is 0 Å². The maximum absolute atomic E-state index is 12.0. The van der Waals surface area contributed by atoms with E-state index < -0.39 is 0 Å². The molecule has 0 aliphatic carbocycles. The second kappa shape index (κ2) is 6.30. The molecule has 0 bridgehead atoms. The van der Waals surface area contributed by atoms with Gasteiger partial charge in [0.05, 0.1) is 17.0 Å². The third-order valence-corrected chi connectivity index (χ3v) is 3.90. The Morgan fingerprint density at radius 3 is 2.80 bits per heavy atom. The van der Waals surface area contributed by atoms with Crippen molar-refractivity contribution >= 4 is 40.6 Å². The number of methoxy groups -OCH3 is 1. The minimum absolute atomic E-state index is 0.228. The van der Waals surface area contributed by atoms with Gasteiger partial charge in [-0.05, 0) is 35.5 Å². The van der Waals surface area contributed by atoms with E-state index in [1.54, 1.807) is 24.3 Å². The van der Waals surface area contributed by atoms with Crippen LogP contribution in [0.5, 0.6) is 5.75 Å². The Labute approximate surface area is 125 Å². The van der Waals surface area contributed by atoms with Gasteiger partial charge in [0, 0.05) is 13.1 Å². The second-order valence-corrected chi connectivity index (χ2v) is 5.42. The molecule has 0 radical (unpaired) electrons. The molecule has 1 aromatic rings. The molecule has 0 unspecified atom stereocenters. The zero-order valence-electron chi connectivity index (χ0n) is 10.8. The Morgan fingerprint density at radius 2 is 2.20 bits per heavy atom. The Bertz CT molecular complexity index is 589. The predicted molar refractivity (Wildman–Crippen MR) is 79.7 cm³/mol. The van der Waals surface area contributed by atoms with E-state index in [0.717, 1.165) is 22.2 Å². The summed E-state index contributed by atoms with van der Waals surface area (Å²) in [5.74, 6) is 0.234. The normalized spacial score (nSPS) is 17.1. The first-order valence-corrected chi connectivity index (χ1v) is 7.05. The van der Waals surface area contributed by atoms with Gasteiger partial charge in [-0.3, -0.25) is 14.5 Å². The Kier molecular flexibility index (Phi) is 4.69. The van der Waals surface area contributed by atoms with Crippen molar-refractivity contribution in [3.8, 4) is 5.75 Å². The molecule has 0 spiro atoms. The van der Waals surface area contributed by atoms with Gasteiger partial charge in [0.2, 0.25) is 0 Å². The average Bonchev–Trinajstić information content (AvgIpc) is 2.67. The summed E-state index contributed by atoms with van der Waals surface area (Å²) in [6, 6.07) is 5.15. The van der Waals surface area contributed by atoms with Crippen molar-refractivity contribution in [2.45, 2.75) is 0 Å². The van der Waals surface area contributed by atoms with Crippen molar-refractivity contribution in [1.82, 2.24) is 4.90 Å². The van der Waals surface area contributed by atoms with E-state index in [0.29, 0.717) is 15.7 Å².